The van der Waals surface area contributed by atoms with Crippen molar-refractivity contribution in [3.8, 4) is 10.6 Å². The number of amides is 2. The van der Waals surface area contributed by atoms with Gasteiger partial charge in [-0.3, -0.25) is 0 Å². The van der Waals surface area contributed by atoms with Crippen molar-refractivity contribution >= 4 is 17.4 Å². The molecule has 2 amide bonds. The molecule has 0 saturated carbocycles. The summed E-state index contributed by atoms with van der Waals surface area (Å²) in [7, 11) is 0. The van der Waals surface area contributed by atoms with Gasteiger partial charge in [0, 0.05) is 36.6 Å². The van der Waals surface area contributed by atoms with E-state index >= 15 is 0 Å². The molecule has 5 nitrogen and oxygen atoms in total. The maximum absolute atomic E-state index is 12.3. The second-order valence-electron chi connectivity index (χ2n) is 5.97. The number of urea groups is 1. The van der Waals surface area contributed by atoms with E-state index in [-0.39, 0.29) is 6.03 Å². The van der Waals surface area contributed by atoms with Crippen LogP contribution in [0.2, 0.25) is 0 Å². The van der Waals surface area contributed by atoms with Crippen molar-refractivity contribution in [1.82, 2.24) is 20.1 Å². The monoisotopic (exact) mass is 344 g/mol. The summed E-state index contributed by atoms with van der Waals surface area (Å²) >= 11 is 1.65. The Bertz CT molecular complexity index is 678. The van der Waals surface area contributed by atoms with Crippen LogP contribution in [0.25, 0.3) is 10.6 Å². The smallest absolute Gasteiger partial charge is 0.317 e. The fraction of sp³-hybridized carbons (Fsp3) is 0.444. The molecule has 6 heteroatoms. The molecule has 0 spiro atoms. The lowest BCUT2D eigenvalue weighted by Crippen LogP contribution is -2.51. The number of carbonyl (C=O) groups excluding carboxylic acids is 1. The van der Waals surface area contributed by atoms with Gasteiger partial charge in [-0.05, 0) is 13.5 Å². The lowest BCUT2D eigenvalue weighted by molar-refractivity contribution is 0.143. The standard InChI is InChI=1S/C18H24N4OS/c1-3-21-9-11-22(12-10-21)18(23)19-13-16-14(2)20-17(24-16)15-7-5-4-6-8-15/h4-8H,3,9-13H2,1-2H3,(H,19,23). The topological polar surface area (TPSA) is 48.5 Å². The lowest BCUT2D eigenvalue weighted by atomic mass is 10.2. The Balaban J connectivity index is 1.57. The van der Waals surface area contributed by atoms with Crippen LogP contribution in [0.3, 0.4) is 0 Å². The first-order valence-electron chi connectivity index (χ1n) is 8.44. The van der Waals surface area contributed by atoms with Gasteiger partial charge in [-0.25, -0.2) is 9.78 Å². The Kier molecular flexibility index (Phi) is 5.48. The minimum Gasteiger partial charge on any atom is -0.333 e. The van der Waals surface area contributed by atoms with E-state index in [1.54, 1.807) is 11.3 Å². The number of benzene rings is 1. The number of nitrogens with one attached hydrogen (secondary N) is 1. The van der Waals surface area contributed by atoms with Gasteiger partial charge in [-0.2, -0.15) is 0 Å². The number of thiazole rings is 1. The predicted molar refractivity (Wildman–Crippen MR) is 98.2 cm³/mol. The molecule has 1 aromatic heterocycles. The maximum Gasteiger partial charge on any atom is 0.317 e. The zero-order valence-electron chi connectivity index (χ0n) is 14.3. The molecule has 0 aliphatic carbocycles. The summed E-state index contributed by atoms with van der Waals surface area (Å²) in [4.78, 5) is 22.4. The summed E-state index contributed by atoms with van der Waals surface area (Å²) < 4.78 is 0. The Morgan fingerprint density at radius 1 is 1.21 bits per heavy atom. The number of piperazine rings is 1. The molecule has 0 unspecified atom stereocenters. The molecule has 1 N–H and O–H groups in total. The third-order valence-electron chi connectivity index (χ3n) is 4.42. The van der Waals surface area contributed by atoms with Crippen molar-refractivity contribution in [3.63, 3.8) is 0 Å². The second-order valence-corrected chi connectivity index (χ2v) is 7.06. The van der Waals surface area contributed by atoms with Gasteiger partial charge >= 0.3 is 6.03 Å². The SMILES string of the molecule is CCN1CCN(C(=O)NCc2sc(-c3ccccc3)nc2C)CC1. The minimum absolute atomic E-state index is 0.0276. The van der Waals surface area contributed by atoms with Gasteiger partial charge in [0.05, 0.1) is 12.2 Å². The number of rotatable bonds is 4. The molecule has 1 fully saturated rings. The Hall–Kier alpha value is -1.92. The van der Waals surface area contributed by atoms with Crippen molar-refractivity contribution in [2.75, 3.05) is 32.7 Å². The highest BCUT2D eigenvalue weighted by Crippen LogP contribution is 2.27. The molecular formula is C18H24N4OS. The molecule has 0 bridgehead atoms. The number of aryl methyl sites for hydroxylation is 1. The third-order valence-corrected chi connectivity index (χ3v) is 5.63. The van der Waals surface area contributed by atoms with Crippen LogP contribution in [0.5, 0.6) is 0 Å². The van der Waals surface area contributed by atoms with Crippen LogP contribution in [0.15, 0.2) is 30.3 Å². The number of hydrogen-bond acceptors (Lipinski definition) is 4. The van der Waals surface area contributed by atoms with Crippen molar-refractivity contribution in [2.45, 2.75) is 20.4 Å². The van der Waals surface area contributed by atoms with Gasteiger partial charge in [0.2, 0.25) is 0 Å². The summed E-state index contributed by atoms with van der Waals surface area (Å²) in [5, 5.41) is 4.05. The summed E-state index contributed by atoms with van der Waals surface area (Å²) in [6.07, 6.45) is 0. The van der Waals surface area contributed by atoms with E-state index in [1.807, 2.05) is 30.0 Å². The zero-order valence-corrected chi connectivity index (χ0v) is 15.1. The minimum atomic E-state index is 0.0276. The lowest BCUT2D eigenvalue weighted by Gasteiger charge is -2.33. The van der Waals surface area contributed by atoms with Gasteiger partial charge in [0.1, 0.15) is 5.01 Å². The molecule has 0 radical (unpaired) electrons. The summed E-state index contributed by atoms with van der Waals surface area (Å²) in [6, 6.07) is 10.2. The van der Waals surface area contributed by atoms with Gasteiger partial charge in [-0.15, -0.1) is 11.3 Å². The molecule has 1 aromatic carbocycles. The van der Waals surface area contributed by atoms with Gasteiger partial charge in [0.25, 0.3) is 0 Å². The average Bonchev–Trinajstić information content (AvgIpc) is 3.01. The molecule has 2 aromatic rings. The second kappa shape index (κ2) is 7.77. The normalized spacial score (nSPS) is 15.5. The van der Waals surface area contributed by atoms with E-state index in [0.717, 1.165) is 53.9 Å². The number of hydrogen-bond donors (Lipinski definition) is 1. The number of carbonyl (C=O) groups is 1. The molecule has 1 aliphatic heterocycles. The van der Waals surface area contributed by atoms with Gasteiger partial charge in [-0.1, -0.05) is 37.3 Å². The highest BCUT2D eigenvalue weighted by molar-refractivity contribution is 7.15. The van der Waals surface area contributed by atoms with Gasteiger partial charge < -0.3 is 15.1 Å². The van der Waals surface area contributed by atoms with Crippen LogP contribution < -0.4 is 5.32 Å². The summed E-state index contributed by atoms with van der Waals surface area (Å²) in [6.45, 7) is 9.29. The quantitative estimate of drug-likeness (QED) is 0.928. The third kappa shape index (κ3) is 3.94. The molecule has 128 valence electrons. The first-order chi connectivity index (χ1) is 11.7. The number of likely N-dealkylation sites (N-methyl/N-ethyl adjacent to an activating group) is 1. The van der Waals surface area contributed by atoms with E-state index in [9.17, 15) is 4.79 Å². The molecule has 2 heterocycles. The first-order valence-corrected chi connectivity index (χ1v) is 9.26. The Morgan fingerprint density at radius 3 is 2.58 bits per heavy atom. The summed E-state index contributed by atoms with van der Waals surface area (Å²) in [5.74, 6) is 0. The number of aromatic nitrogens is 1. The average molecular weight is 344 g/mol. The van der Waals surface area contributed by atoms with Gasteiger partial charge in [0.15, 0.2) is 0 Å². The van der Waals surface area contributed by atoms with Crippen LogP contribution in [0.1, 0.15) is 17.5 Å². The van der Waals surface area contributed by atoms with Crippen LogP contribution in [-0.2, 0) is 6.54 Å². The summed E-state index contributed by atoms with van der Waals surface area (Å²) in [5.41, 5.74) is 2.12. The zero-order chi connectivity index (χ0) is 16.9. The molecule has 3 rings (SSSR count). The van der Waals surface area contributed by atoms with Crippen LogP contribution >= 0.6 is 11.3 Å². The molecule has 1 aliphatic rings. The van der Waals surface area contributed by atoms with Crippen molar-refractivity contribution in [3.05, 3.63) is 40.9 Å². The molecule has 24 heavy (non-hydrogen) atoms. The molecule has 1 saturated heterocycles. The Labute approximate surface area is 147 Å². The fourth-order valence-corrected chi connectivity index (χ4v) is 3.84. The predicted octanol–water partition coefficient (Wildman–Crippen LogP) is 2.97. The maximum atomic E-state index is 12.3. The van der Waals surface area contributed by atoms with E-state index in [0.29, 0.717) is 6.54 Å². The highest BCUT2D eigenvalue weighted by atomic mass is 32.1. The highest BCUT2D eigenvalue weighted by Gasteiger charge is 2.20. The van der Waals surface area contributed by atoms with Crippen molar-refractivity contribution in [2.24, 2.45) is 0 Å². The van der Waals surface area contributed by atoms with E-state index in [1.165, 1.54) is 0 Å². The van der Waals surface area contributed by atoms with Crippen molar-refractivity contribution in [1.29, 1.82) is 0 Å². The largest absolute Gasteiger partial charge is 0.333 e. The van der Waals surface area contributed by atoms with Crippen LogP contribution in [-0.4, -0.2) is 53.5 Å². The Morgan fingerprint density at radius 2 is 1.92 bits per heavy atom. The molecule has 0 atom stereocenters. The van der Waals surface area contributed by atoms with E-state index in [4.69, 9.17) is 0 Å². The number of nitrogens with zero attached hydrogens (tertiary/aromatic N) is 3. The first kappa shape index (κ1) is 16.9. The molecular weight excluding hydrogens is 320 g/mol. The van der Waals surface area contributed by atoms with Crippen molar-refractivity contribution < 1.29 is 4.79 Å². The van der Waals surface area contributed by atoms with Crippen LogP contribution in [0.4, 0.5) is 4.79 Å². The van der Waals surface area contributed by atoms with E-state index in [2.05, 4.69) is 34.3 Å². The fourth-order valence-electron chi connectivity index (χ4n) is 2.83. The van der Waals surface area contributed by atoms with Crippen LogP contribution in [0, 0.1) is 6.92 Å². The van der Waals surface area contributed by atoms with E-state index < -0.39 is 0 Å².